The number of hydrogen-bond donors (Lipinski definition) is 2. The lowest BCUT2D eigenvalue weighted by molar-refractivity contribution is 0.586. The summed E-state index contributed by atoms with van der Waals surface area (Å²) >= 11 is 16.8. The molecule has 0 aliphatic carbocycles. The van der Waals surface area contributed by atoms with Crippen molar-refractivity contribution in [2.75, 3.05) is 5.32 Å². The summed E-state index contributed by atoms with van der Waals surface area (Å²) in [4.78, 5) is 0. The zero-order valence-corrected chi connectivity index (χ0v) is 12.9. The molecule has 0 radical (unpaired) electrons. The van der Waals surface area contributed by atoms with Crippen LogP contribution in [0.4, 0.5) is 14.5 Å². The predicted molar refractivity (Wildman–Crippen MR) is 85.9 cm³/mol. The van der Waals surface area contributed by atoms with Crippen LogP contribution in [0.1, 0.15) is 5.56 Å². The highest BCUT2D eigenvalue weighted by atomic mass is 35.5. The maximum absolute atomic E-state index is 13.4. The zero-order chi connectivity index (χ0) is 15.4. The SMILES string of the molecule is Fc1ccc(NC(=S)NCc2ccc(Cl)c(Cl)c2)c(F)c1. The first-order valence-corrected chi connectivity index (χ1v) is 7.06. The fourth-order valence-electron chi connectivity index (χ4n) is 1.59. The smallest absolute Gasteiger partial charge is 0.171 e. The van der Waals surface area contributed by atoms with Gasteiger partial charge in [0.05, 0.1) is 15.7 Å². The Hall–Kier alpha value is -1.43. The third-order valence-corrected chi connectivity index (χ3v) is 3.60. The summed E-state index contributed by atoms with van der Waals surface area (Å²) in [5, 5.41) is 6.67. The van der Waals surface area contributed by atoms with Crippen LogP contribution in [0.3, 0.4) is 0 Å². The first kappa shape index (κ1) is 15.9. The molecule has 0 atom stereocenters. The largest absolute Gasteiger partial charge is 0.358 e. The molecule has 2 rings (SSSR count). The van der Waals surface area contributed by atoms with Gasteiger partial charge in [-0.05, 0) is 42.0 Å². The topological polar surface area (TPSA) is 24.1 Å². The Labute approximate surface area is 136 Å². The molecule has 0 spiro atoms. The molecule has 0 heterocycles. The second-order valence-corrected chi connectivity index (χ2v) is 5.40. The molecule has 0 bridgehead atoms. The quantitative estimate of drug-likeness (QED) is 0.783. The number of rotatable bonds is 3. The lowest BCUT2D eigenvalue weighted by atomic mass is 10.2. The van der Waals surface area contributed by atoms with E-state index in [2.05, 4.69) is 10.6 Å². The van der Waals surface area contributed by atoms with Crippen LogP contribution in [-0.4, -0.2) is 5.11 Å². The molecule has 2 nitrogen and oxygen atoms in total. The van der Waals surface area contributed by atoms with Gasteiger partial charge < -0.3 is 10.6 Å². The van der Waals surface area contributed by atoms with Gasteiger partial charge in [0.25, 0.3) is 0 Å². The van der Waals surface area contributed by atoms with Crippen LogP contribution in [0.2, 0.25) is 10.0 Å². The molecule has 0 aliphatic rings. The first-order chi connectivity index (χ1) is 9.95. The van der Waals surface area contributed by atoms with Crippen LogP contribution >= 0.6 is 35.4 Å². The van der Waals surface area contributed by atoms with E-state index in [-0.39, 0.29) is 10.8 Å². The van der Waals surface area contributed by atoms with Crippen molar-refractivity contribution < 1.29 is 8.78 Å². The third-order valence-electron chi connectivity index (χ3n) is 2.62. The van der Waals surface area contributed by atoms with Gasteiger partial charge in [0.15, 0.2) is 5.11 Å². The van der Waals surface area contributed by atoms with Crippen molar-refractivity contribution in [3.8, 4) is 0 Å². The van der Waals surface area contributed by atoms with Gasteiger partial charge in [0.1, 0.15) is 11.6 Å². The Morgan fingerprint density at radius 1 is 1.05 bits per heavy atom. The average Bonchev–Trinajstić information content (AvgIpc) is 2.43. The molecule has 7 heteroatoms. The molecule has 0 unspecified atom stereocenters. The maximum atomic E-state index is 13.4. The number of hydrogen-bond acceptors (Lipinski definition) is 1. The minimum atomic E-state index is -0.714. The van der Waals surface area contributed by atoms with E-state index in [1.54, 1.807) is 18.2 Å². The molecule has 110 valence electrons. The molecule has 0 fully saturated rings. The minimum Gasteiger partial charge on any atom is -0.358 e. The van der Waals surface area contributed by atoms with Crippen molar-refractivity contribution >= 4 is 46.2 Å². The van der Waals surface area contributed by atoms with E-state index in [4.69, 9.17) is 35.4 Å². The molecular weight excluding hydrogens is 337 g/mol. The van der Waals surface area contributed by atoms with Crippen molar-refractivity contribution in [2.24, 2.45) is 0 Å². The fourth-order valence-corrected chi connectivity index (χ4v) is 2.09. The lowest BCUT2D eigenvalue weighted by Crippen LogP contribution is -2.28. The van der Waals surface area contributed by atoms with Gasteiger partial charge >= 0.3 is 0 Å². The summed E-state index contributed by atoms with van der Waals surface area (Å²) in [6.45, 7) is 0.394. The van der Waals surface area contributed by atoms with E-state index in [1.165, 1.54) is 6.07 Å². The van der Waals surface area contributed by atoms with E-state index in [0.717, 1.165) is 17.7 Å². The number of nitrogens with one attached hydrogen (secondary N) is 2. The summed E-state index contributed by atoms with van der Waals surface area (Å²) in [6, 6.07) is 8.38. The van der Waals surface area contributed by atoms with E-state index in [1.807, 2.05) is 0 Å². The minimum absolute atomic E-state index is 0.100. The Bertz CT molecular complexity index is 680. The Balaban J connectivity index is 1.94. The van der Waals surface area contributed by atoms with Crippen LogP contribution in [0.25, 0.3) is 0 Å². The molecule has 0 amide bonds. The van der Waals surface area contributed by atoms with E-state index in [9.17, 15) is 8.78 Å². The van der Waals surface area contributed by atoms with Crippen LogP contribution < -0.4 is 10.6 Å². The van der Waals surface area contributed by atoms with Gasteiger partial charge in [-0.15, -0.1) is 0 Å². The molecule has 0 aliphatic heterocycles. The monoisotopic (exact) mass is 346 g/mol. The van der Waals surface area contributed by atoms with Gasteiger partial charge in [-0.25, -0.2) is 8.78 Å². The normalized spacial score (nSPS) is 10.3. The third kappa shape index (κ3) is 4.52. The van der Waals surface area contributed by atoms with Crippen molar-refractivity contribution in [3.63, 3.8) is 0 Å². The highest BCUT2D eigenvalue weighted by molar-refractivity contribution is 7.80. The van der Waals surface area contributed by atoms with E-state index >= 15 is 0 Å². The molecule has 2 N–H and O–H groups in total. The second kappa shape index (κ2) is 7.02. The van der Waals surface area contributed by atoms with Gasteiger partial charge in [-0.1, -0.05) is 29.3 Å². The van der Waals surface area contributed by atoms with Crippen molar-refractivity contribution in [1.29, 1.82) is 0 Å². The predicted octanol–water partition coefficient (Wildman–Crippen LogP) is 4.76. The molecule has 0 aromatic heterocycles. The van der Waals surface area contributed by atoms with Crippen molar-refractivity contribution in [1.82, 2.24) is 5.32 Å². The number of thiocarbonyl (C=S) groups is 1. The van der Waals surface area contributed by atoms with Crippen molar-refractivity contribution in [3.05, 3.63) is 63.6 Å². The van der Waals surface area contributed by atoms with E-state index in [0.29, 0.717) is 16.6 Å². The lowest BCUT2D eigenvalue weighted by Gasteiger charge is -2.11. The maximum Gasteiger partial charge on any atom is 0.171 e. The Morgan fingerprint density at radius 2 is 1.81 bits per heavy atom. The highest BCUT2D eigenvalue weighted by Crippen LogP contribution is 2.22. The molecule has 2 aromatic rings. The van der Waals surface area contributed by atoms with E-state index < -0.39 is 11.6 Å². The summed E-state index contributed by atoms with van der Waals surface area (Å²) in [5.74, 6) is -1.36. The molecule has 21 heavy (non-hydrogen) atoms. The summed E-state index contributed by atoms with van der Waals surface area (Å²) in [5.41, 5.74) is 0.969. The standard InChI is InChI=1S/C14H10Cl2F2N2S/c15-10-3-1-8(5-11(10)16)7-19-14(21)20-13-4-2-9(17)6-12(13)18/h1-6H,7H2,(H2,19,20,21). The molecule has 2 aromatic carbocycles. The van der Waals surface area contributed by atoms with Gasteiger partial charge in [-0.2, -0.15) is 0 Å². The number of anilines is 1. The second-order valence-electron chi connectivity index (χ2n) is 4.18. The fraction of sp³-hybridized carbons (Fsp3) is 0.0714. The summed E-state index contributed by atoms with van der Waals surface area (Å²) < 4.78 is 26.2. The Kier molecular flexibility index (Phi) is 5.33. The zero-order valence-electron chi connectivity index (χ0n) is 10.6. The van der Waals surface area contributed by atoms with Crippen LogP contribution in [0, 0.1) is 11.6 Å². The Morgan fingerprint density at radius 3 is 2.48 bits per heavy atom. The van der Waals surface area contributed by atoms with Crippen LogP contribution in [-0.2, 0) is 6.54 Å². The molecule has 0 saturated carbocycles. The van der Waals surface area contributed by atoms with Crippen LogP contribution in [0.15, 0.2) is 36.4 Å². The number of halogens is 4. The van der Waals surface area contributed by atoms with Gasteiger partial charge in [0, 0.05) is 12.6 Å². The highest BCUT2D eigenvalue weighted by Gasteiger charge is 2.06. The molecule has 0 saturated heterocycles. The summed E-state index contributed by atoms with van der Waals surface area (Å²) in [7, 11) is 0. The van der Waals surface area contributed by atoms with Gasteiger partial charge in [0.2, 0.25) is 0 Å². The van der Waals surface area contributed by atoms with Gasteiger partial charge in [-0.3, -0.25) is 0 Å². The first-order valence-electron chi connectivity index (χ1n) is 5.89. The van der Waals surface area contributed by atoms with Crippen molar-refractivity contribution in [2.45, 2.75) is 6.54 Å². The summed E-state index contributed by atoms with van der Waals surface area (Å²) in [6.07, 6.45) is 0. The number of benzene rings is 2. The van der Waals surface area contributed by atoms with Crippen LogP contribution in [0.5, 0.6) is 0 Å². The molecular formula is C14H10Cl2F2N2S. The average molecular weight is 347 g/mol.